The van der Waals surface area contributed by atoms with E-state index in [-0.39, 0.29) is 16.0 Å². The molecule has 0 aliphatic carbocycles. The van der Waals surface area contributed by atoms with E-state index in [0.717, 1.165) is 12.1 Å². The van der Waals surface area contributed by atoms with Crippen LogP contribution in [0.2, 0.25) is 0 Å². The van der Waals surface area contributed by atoms with Gasteiger partial charge in [0.1, 0.15) is 6.23 Å². The number of carbonyl (C=O) groups is 2. The Morgan fingerprint density at radius 1 is 1.04 bits per heavy atom. The van der Waals surface area contributed by atoms with Crippen molar-refractivity contribution in [3.8, 4) is 0 Å². The molecule has 132 valence electrons. The number of rotatable bonds is 5. The number of carbonyl (C=O) groups excluding carboxylic acids is 2. The molecule has 1 aromatic rings. The number of benzene rings is 1. The summed E-state index contributed by atoms with van der Waals surface area (Å²) in [6.45, 7) is 0. The molecule has 0 saturated carbocycles. The summed E-state index contributed by atoms with van der Waals surface area (Å²) < 4.78 is 82.3. The molecule has 1 aliphatic rings. The van der Waals surface area contributed by atoms with Gasteiger partial charge in [-0.15, -0.1) is 0 Å². The SMILES string of the molecule is O=C1c2ccccc2C(=O)N1C(O)CC(F)(F)C(F)(F)S(=O)(=O)O. The van der Waals surface area contributed by atoms with Crippen molar-refractivity contribution in [2.24, 2.45) is 0 Å². The largest absolute Gasteiger partial charge is 0.431 e. The third-order valence-corrected chi connectivity index (χ3v) is 4.26. The van der Waals surface area contributed by atoms with Gasteiger partial charge < -0.3 is 5.11 Å². The van der Waals surface area contributed by atoms with Gasteiger partial charge in [-0.05, 0) is 12.1 Å². The van der Waals surface area contributed by atoms with E-state index in [9.17, 15) is 40.7 Å². The Hall–Kier alpha value is -2.05. The lowest BCUT2D eigenvalue weighted by molar-refractivity contribution is -0.184. The van der Waals surface area contributed by atoms with Crippen LogP contribution in [0.15, 0.2) is 24.3 Å². The van der Waals surface area contributed by atoms with Crippen molar-refractivity contribution in [2.45, 2.75) is 23.8 Å². The third kappa shape index (κ3) is 2.65. The second-order valence-corrected chi connectivity index (χ2v) is 6.37. The molecular weight excluding hydrogens is 362 g/mol. The zero-order valence-corrected chi connectivity index (χ0v) is 12.3. The van der Waals surface area contributed by atoms with E-state index >= 15 is 0 Å². The molecule has 0 radical (unpaired) electrons. The lowest BCUT2D eigenvalue weighted by Gasteiger charge is -2.28. The van der Waals surface area contributed by atoms with Gasteiger partial charge in [0.15, 0.2) is 0 Å². The average Bonchev–Trinajstić information content (AvgIpc) is 2.69. The fourth-order valence-corrected chi connectivity index (χ4v) is 2.57. The maximum absolute atomic E-state index is 13.5. The molecule has 2 rings (SSSR count). The first-order valence-electron chi connectivity index (χ1n) is 6.19. The molecule has 1 unspecified atom stereocenters. The van der Waals surface area contributed by atoms with Crippen LogP contribution < -0.4 is 0 Å². The quantitative estimate of drug-likeness (QED) is 0.456. The van der Waals surface area contributed by atoms with Gasteiger partial charge in [0.25, 0.3) is 11.8 Å². The molecule has 12 heteroatoms. The molecule has 0 spiro atoms. The van der Waals surface area contributed by atoms with Crippen LogP contribution in [0.25, 0.3) is 0 Å². The summed E-state index contributed by atoms with van der Waals surface area (Å²) in [5, 5.41) is 3.70. The van der Waals surface area contributed by atoms with Crippen LogP contribution in [0, 0.1) is 0 Å². The minimum atomic E-state index is -6.49. The number of nitrogens with zero attached hydrogens (tertiary/aromatic N) is 1. The minimum Gasteiger partial charge on any atom is -0.373 e. The maximum atomic E-state index is 13.5. The van der Waals surface area contributed by atoms with Gasteiger partial charge in [-0.1, -0.05) is 12.1 Å². The second kappa shape index (κ2) is 5.50. The van der Waals surface area contributed by atoms with E-state index in [2.05, 4.69) is 0 Å². The maximum Gasteiger partial charge on any atom is 0.431 e. The summed E-state index contributed by atoms with van der Waals surface area (Å²) in [4.78, 5) is 23.8. The van der Waals surface area contributed by atoms with E-state index in [1.807, 2.05) is 0 Å². The normalized spacial score (nSPS) is 17.2. The average molecular weight is 371 g/mol. The third-order valence-electron chi connectivity index (χ3n) is 3.31. The molecule has 1 aliphatic heterocycles. The highest BCUT2D eigenvalue weighted by atomic mass is 32.2. The second-order valence-electron chi connectivity index (χ2n) is 4.91. The Kier molecular flexibility index (Phi) is 4.19. The summed E-state index contributed by atoms with van der Waals surface area (Å²) in [6.07, 6.45) is -5.02. The van der Waals surface area contributed by atoms with Gasteiger partial charge >= 0.3 is 21.3 Å². The van der Waals surface area contributed by atoms with Crippen molar-refractivity contribution in [2.75, 3.05) is 0 Å². The smallest absolute Gasteiger partial charge is 0.373 e. The van der Waals surface area contributed by atoms with Crippen LogP contribution >= 0.6 is 0 Å². The monoisotopic (exact) mass is 371 g/mol. The molecule has 0 aromatic heterocycles. The topological polar surface area (TPSA) is 112 Å². The van der Waals surface area contributed by atoms with Gasteiger partial charge in [-0.25, -0.2) is 4.90 Å². The van der Waals surface area contributed by atoms with Crippen molar-refractivity contribution < 1.29 is 45.2 Å². The number of hydrogen-bond acceptors (Lipinski definition) is 5. The van der Waals surface area contributed by atoms with E-state index in [1.54, 1.807) is 0 Å². The molecule has 1 atom stereocenters. The van der Waals surface area contributed by atoms with E-state index in [4.69, 9.17) is 4.55 Å². The summed E-state index contributed by atoms with van der Waals surface area (Å²) in [7, 11) is -6.49. The van der Waals surface area contributed by atoms with E-state index < -0.39 is 45.8 Å². The highest BCUT2D eigenvalue weighted by Gasteiger charge is 2.66. The number of amides is 2. The van der Waals surface area contributed by atoms with Crippen molar-refractivity contribution >= 4 is 21.9 Å². The summed E-state index contributed by atoms with van der Waals surface area (Å²) in [6, 6.07) is 5.02. The molecule has 24 heavy (non-hydrogen) atoms. The lowest BCUT2D eigenvalue weighted by atomic mass is 10.1. The first-order valence-corrected chi connectivity index (χ1v) is 7.63. The van der Waals surface area contributed by atoms with Crippen LogP contribution in [0.3, 0.4) is 0 Å². The zero-order chi connectivity index (χ0) is 18.5. The first-order chi connectivity index (χ1) is 10.8. The Morgan fingerprint density at radius 3 is 1.83 bits per heavy atom. The predicted molar refractivity (Wildman–Crippen MR) is 69.0 cm³/mol. The van der Waals surface area contributed by atoms with Gasteiger partial charge in [-0.2, -0.15) is 26.0 Å². The summed E-state index contributed by atoms with van der Waals surface area (Å²) >= 11 is 0. The van der Waals surface area contributed by atoms with Crippen molar-refractivity contribution in [1.29, 1.82) is 0 Å². The van der Waals surface area contributed by atoms with Crippen molar-refractivity contribution in [1.82, 2.24) is 4.90 Å². The number of fused-ring (bicyclic) bond motifs is 1. The molecule has 0 fully saturated rings. The molecular formula is C12H9F4NO6S. The lowest BCUT2D eigenvalue weighted by Crippen LogP contribution is -2.52. The van der Waals surface area contributed by atoms with Crippen LogP contribution in [0.1, 0.15) is 27.1 Å². The highest BCUT2D eigenvalue weighted by molar-refractivity contribution is 7.87. The van der Waals surface area contributed by atoms with Gasteiger partial charge in [0, 0.05) is 0 Å². The van der Waals surface area contributed by atoms with E-state index in [0.29, 0.717) is 0 Å². The van der Waals surface area contributed by atoms with Gasteiger partial charge in [-0.3, -0.25) is 14.1 Å². The van der Waals surface area contributed by atoms with Gasteiger partial charge in [0.2, 0.25) is 0 Å². The minimum absolute atomic E-state index is 0.0847. The summed E-state index contributed by atoms with van der Waals surface area (Å²) in [5.41, 5.74) is -0.460. The predicted octanol–water partition coefficient (Wildman–Crippen LogP) is 1.11. The fourth-order valence-electron chi connectivity index (χ4n) is 2.11. The molecule has 0 bridgehead atoms. The van der Waals surface area contributed by atoms with Crippen LogP contribution in [-0.2, 0) is 10.1 Å². The first kappa shape index (κ1) is 18.3. The highest BCUT2D eigenvalue weighted by Crippen LogP contribution is 2.42. The molecule has 7 nitrogen and oxygen atoms in total. The number of aliphatic hydroxyl groups excluding tert-OH is 1. The number of halogens is 4. The summed E-state index contributed by atoms with van der Waals surface area (Å²) in [5.74, 6) is -7.85. The molecule has 1 heterocycles. The van der Waals surface area contributed by atoms with Crippen molar-refractivity contribution in [3.05, 3.63) is 35.4 Å². The number of hydrogen-bond donors (Lipinski definition) is 2. The number of imide groups is 1. The molecule has 0 saturated heterocycles. The Balaban J connectivity index is 2.30. The Bertz CT molecular complexity index is 775. The number of alkyl halides is 4. The Labute approximate surface area is 132 Å². The molecule has 2 amide bonds. The Morgan fingerprint density at radius 2 is 1.46 bits per heavy atom. The molecule has 2 N–H and O–H groups in total. The van der Waals surface area contributed by atoms with E-state index in [1.165, 1.54) is 12.1 Å². The van der Waals surface area contributed by atoms with Gasteiger partial charge in [0.05, 0.1) is 17.5 Å². The standard InChI is InChI=1S/C12H9F4NO6S/c13-11(14,12(15,16)24(21,22)23)5-8(18)17-9(19)6-3-1-2-4-7(6)10(17)20/h1-4,8,18H,5H2,(H,21,22,23). The van der Waals surface area contributed by atoms with Crippen molar-refractivity contribution in [3.63, 3.8) is 0 Å². The number of aliphatic hydroxyl groups is 1. The fraction of sp³-hybridized carbons (Fsp3) is 0.333. The zero-order valence-electron chi connectivity index (χ0n) is 11.5. The van der Waals surface area contributed by atoms with Crippen LogP contribution in [-0.4, -0.2) is 52.2 Å². The van der Waals surface area contributed by atoms with Crippen LogP contribution in [0.5, 0.6) is 0 Å². The molecule has 1 aromatic carbocycles. The van der Waals surface area contributed by atoms with Crippen LogP contribution in [0.4, 0.5) is 17.6 Å².